The molecule has 3 rings (SSSR count). The maximum Gasteiger partial charge on any atom is 0.191 e. The Kier molecular flexibility index (Phi) is 6.29. The van der Waals surface area contributed by atoms with Crippen LogP contribution in [0.15, 0.2) is 41.4 Å². The smallest absolute Gasteiger partial charge is 0.191 e. The fourth-order valence-electron chi connectivity index (χ4n) is 3.10. The van der Waals surface area contributed by atoms with Gasteiger partial charge in [0.25, 0.3) is 0 Å². The van der Waals surface area contributed by atoms with Gasteiger partial charge in [-0.25, -0.2) is 0 Å². The normalized spacial score (nSPS) is 24.0. The van der Waals surface area contributed by atoms with Crippen LogP contribution in [0.25, 0.3) is 0 Å². The quantitative estimate of drug-likeness (QED) is 0.343. The zero-order valence-corrected chi connectivity index (χ0v) is 15.7. The zero-order valence-electron chi connectivity index (χ0n) is 13.4. The van der Waals surface area contributed by atoms with E-state index >= 15 is 0 Å². The average Bonchev–Trinajstić information content (AvgIpc) is 3.03. The van der Waals surface area contributed by atoms with E-state index in [1.807, 2.05) is 0 Å². The molecule has 0 amide bonds. The number of nitrogens with one attached hydrogen (secondary N) is 2. The number of hydrogen-bond donors (Lipinski definition) is 2. The largest absolute Gasteiger partial charge is 0.353 e. The van der Waals surface area contributed by atoms with E-state index in [2.05, 4.69) is 65.9 Å². The van der Waals surface area contributed by atoms with Gasteiger partial charge in [0.1, 0.15) is 0 Å². The van der Waals surface area contributed by atoms with Crippen LogP contribution >= 0.6 is 24.0 Å². The molecule has 0 aliphatic heterocycles. The average molecular weight is 411 g/mol. The third kappa shape index (κ3) is 4.24. The summed E-state index contributed by atoms with van der Waals surface area (Å²) in [6, 6.07) is 9.75. The van der Waals surface area contributed by atoms with E-state index in [1.165, 1.54) is 17.5 Å². The number of aryl methyl sites for hydroxylation is 1. The minimum absolute atomic E-state index is 0. The Balaban J connectivity index is 0.00000176. The van der Waals surface area contributed by atoms with E-state index in [-0.39, 0.29) is 24.0 Å². The molecule has 0 radical (unpaired) electrons. The molecule has 0 bridgehead atoms. The highest BCUT2D eigenvalue weighted by molar-refractivity contribution is 14.0. The number of guanidine groups is 1. The van der Waals surface area contributed by atoms with Gasteiger partial charge in [-0.1, -0.05) is 36.4 Å². The fraction of sp³-hybridized carbons (Fsp3) is 0.500. The summed E-state index contributed by atoms with van der Waals surface area (Å²) >= 11 is 0. The molecule has 2 aliphatic carbocycles. The predicted octanol–water partition coefficient (Wildman–Crippen LogP) is 3.74. The van der Waals surface area contributed by atoms with E-state index < -0.39 is 0 Å². The van der Waals surface area contributed by atoms with Crippen LogP contribution in [-0.4, -0.2) is 24.6 Å². The zero-order chi connectivity index (χ0) is 14.7. The molecular weight excluding hydrogens is 385 g/mol. The van der Waals surface area contributed by atoms with Crippen molar-refractivity contribution in [1.29, 1.82) is 0 Å². The Morgan fingerprint density at radius 2 is 1.91 bits per heavy atom. The Hall–Kier alpha value is -1.04. The molecule has 22 heavy (non-hydrogen) atoms. The monoisotopic (exact) mass is 411 g/mol. The molecule has 2 unspecified atom stereocenters. The molecule has 2 aliphatic rings. The van der Waals surface area contributed by atoms with Crippen molar-refractivity contribution in [3.63, 3.8) is 0 Å². The van der Waals surface area contributed by atoms with Crippen molar-refractivity contribution in [1.82, 2.24) is 10.6 Å². The number of halogens is 1. The van der Waals surface area contributed by atoms with Crippen LogP contribution in [0, 0.1) is 6.92 Å². The van der Waals surface area contributed by atoms with E-state index in [4.69, 9.17) is 0 Å². The van der Waals surface area contributed by atoms with Crippen molar-refractivity contribution in [2.45, 2.75) is 51.1 Å². The molecule has 4 heteroatoms. The molecule has 0 heterocycles. The van der Waals surface area contributed by atoms with Gasteiger partial charge in [-0.2, -0.15) is 0 Å². The first-order chi connectivity index (χ1) is 10.3. The Labute approximate surface area is 150 Å². The van der Waals surface area contributed by atoms with Crippen LogP contribution in [0.4, 0.5) is 0 Å². The molecule has 1 saturated carbocycles. The van der Waals surface area contributed by atoms with Gasteiger partial charge in [-0.3, -0.25) is 4.99 Å². The van der Waals surface area contributed by atoms with Crippen LogP contribution in [0.2, 0.25) is 0 Å². The molecule has 0 aromatic heterocycles. The topological polar surface area (TPSA) is 36.4 Å². The first-order valence-corrected chi connectivity index (χ1v) is 8.06. The van der Waals surface area contributed by atoms with Crippen molar-refractivity contribution in [3.8, 4) is 0 Å². The summed E-state index contributed by atoms with van der Waals surface area (Å²) < 4.78 is 0. The predicted molar refractivity (Wildman–Crippen MR) is 104 cm³/mol. The fourth-order valence-corrected chi connectivity index (χ4v) is 3.10. The molecule has 1 aromatic carbocycles. The SMILES string of the molecule is CCN=C(NC1CC=CC1)NC1CC1c1ccccc1C.I. The van der Waals surface area contributed by atoms with Gasteiger partial charge in [-0.05, 0) is 44.2 Å². The highest BCUT2D eigenvalue weighted by Gasteiger charge is 2.39. The van der Waals surface area contributed by atoms with Crippen molar-refractivity contribution >= 4 is 29.9 Å². The number of nitrogens with zero attached hydrogens (tertiary/aromatic N) is 1. The molecule has 0 saturated heterocycles. The molecule has 1 aromatic rings. The van der Waals surface area contributed by atoms with Crippen LogP contribution in [0.3, 0.4) is 0 Å². The lowest BCUT2D eigenvalue weighted by atomic mass is 10.0. The Morgan fingerprint density at radius 3 is 2.59 bits per heavy atom. The molecule has 3 nitrogen and oxygen atoms in total. The summed E-state index contributed by atoms with van der Waals surface area (Å²) in [5.74, 6) is 1.61. The second-order valence-electron chi connectivity index (χ2n) is 6.06. The summed E-state index contributed by atoms with van der Waals surface area (Å²) in [4.78, 5) is 4.58. The minimum Gasteiger partial charge on any atom is -0.353 e. The number of hydrogen-bond acceptors (Lipinski definition) is 1. The lowest BCUT2D eigenvalue weighted by Gasteiger charge is -2.17. The van der Waals surface area contributed by atoms with Gasteiger partial charge >= 0.3 is 0 Å². The molecular formula is C18H26IN3. The highest BCUT2D eigenvalue weighted by Crippen LogP contribution is 2.42. The standard InChI is InChI=1S/C18H25N3.HI/c1-3-19-18(20-14-9-5-6-10-14)21-17-12-16(17)15-11-7-4-8-13(15)2;/h4-8,11,14,16-17H,3,9-10,12H2,1-2H3,(H2,19,20,21);1H. The Bertz CT molecular complexity index is 545. The lowest BCUT2D eigenvalue weighted by Crippen LogP contribution is -2.43. The summed E-state index contributed by atoms with van der Waals surface area (Å²) in [7, 11) is 0. The second kappa shape index (κ2) is 7.99. The maximum absolute atomic E-state index is 4.58. The van der Waals surface area contributed by atoms with Crippen molar-refractivity contribution in [2.24, 2.45) is 4.99 Å². The van der Waals surface area contributed by atoms with Gasteiger partial charge in [0.05, 0.1) is 0 Å². The third-order valence-corrected chi connectivity index (χ3v) is 4.37. The van der Waals surface area contributed by atoms with Crippen molar-refractivity contribution < 1.29 is 0 Å². The van der Waals surface area contributed by atoms with Crippen LogP contribution in [-0.2, 0) is 0 Å². The van der Waals surface area contributed by atoms with E-state index in [9.17, 15) is 0 Å². The van der Waals surface area contributed by atoms with E-state index in [0.717, 1.165) is 25.3 Å². The first-order valence-electron chi connectivity index (χ1n) is 8.06. The van der Waals surface area contributed by atoms with Gasteiger partial charge in [0, 0.05) is 24.5 Å². The van der Waals surface area contributed by atoms with Crippen LogP contribution in [0.1, 0.15) is 43.2 Å². The molecule has 0 spiro atoms. The molecule has 2 N–H and O–H groups in total. The van der Waals surface area contributed by atoms with E-state index in [0.29, 0.717) is 18.0 Å². The summed E-state index contributed by atoms with van der Waals surface area (Å²) in [5, 5.41) is 7.16. The minimum atomic E-state index is 0. The van der Waals surface area contributed by atoms with Gasteiger partial charge in [0.15, 0.2) is 5.96 Å². The maximum atomic E-state index is 4.58. The van der Waals surface area contributed by atoms with Gasteiger partial charge in [-0.15, -0.1) is 24.0 Å². The van der Waals surface area contributed by atoms with E-state index in [1.54, 1.807) is 0 Å². The van der Waals surface area contributed by atoms with Crippen LogP contribution < -0.4 is 10.6 Å². The van der Waals surface area contributed by atoms with Crippen LogP contribution in [0.5, 0.6) is 0 Å². The van der Waals surface area contributed by atoms with Gasteiger partial charge < -0.3 is 10.6 Å². The van der Waals surface area contributed by atoms with Crippen molar-refractivity contribution in [3.05, 3.63) is 47.5 Å². The summed E-state index contributed by atoms with van der Waals surface area (Å²) in [6.07, 6.45) is 7.91. The molecule has 1 fully saturated rings. The molecule has 2 atom stereocenters. The summed E-state index contributed by atoms with van der Waals surface area (Å²) in [6.45, 7) is 5.10. The Morgan fingerprint density at radius 1 is 1.18 bits per heavy atom. The first kappa shape index (κ1) is 17.3. The number of rotatable bonds is 4. The molecule has 120 valence electrons. The van der Waals surface area contributed by atoms with Gasteiger partial charge in [0.2, 0.25) is 0 Å². The summed E-state index contributed by atoms with van der Waals surface area (Å²) in [5.41, 5.74) is 2.88. The lowest BCUT2D eigenvalue weighted by molar-refractivity contribution is 0.629. The third-order valence-electron chi connectivity index (χ3n) is 4.37. The number of aliphatic imine (C=N–C) groups is 1. The highest BCUT2D eigenvalue weighted by atomic mass is 127. The van der Waals surface area contributed by atoms with Crippen molar-refractivity contribution in [2.75, 3.05) is 6.54 Å². The second-order valence-corrected chi connectivity index (χ2v) is 6.06. The number of benzene rings is 1.